The lowest BCUT2D eigenvalue weighted by atomic mass is 10.2. The first-order valence-electron chi connectivity index (χ1n) is 5.56. The van der Waals surface area contributed by atoms with E-state index < -0.39 is 5.95 Å². The lowest BCUT2D eigenvalue weighted by Crippen LogP contribution is -2.44. The minimum atomic E-state index is -0.590. The van der Waals surface area contributed by atoms with E-state index >= 15 is 0 Å². The van der Waals surface area contributed by atoms with E-state index in [1.165, 1.54) is 7.05 Å². The highest BCUT2D eigenvalue weighted by molar-refractivity contribution is 5.92. The van der Waals surface area contributed by atoms with Gasteiger partial charge in [-0.1, -0.05) is 0 Å². The summed E-state index contributed by atoms with van der Waals surface area (Å²) in [5.41, 5.74) is 0.558. The fraction of sp³-hybridized carbons (Fsp3) is 0.455. The number of rotatable bonds is 2. The minimum Gasteiger partial charge on any atom is -0.365 e. The second-order valence-electron chi connectivity index (χ2n) is 3.82. The van der Waals surface area contributed by atoms with Crippen LogP contribution in [-0.2, 0) is 0 Å². The molecule has 1 amide bonds. The smallest absolute Gasteiger partial charge is 0.269 e. The standard InChI is InChI=1S/C11H15FN4O.2ClH/c1-13-11(17)8-2-3-9(10(12)15-8)16-6-4-14-5-7-16;;/h2-3,14H,4-7H2,1H3,(H,13,17);2*1H. The van der Waals surface area contributed by atoms with Gasteiger partial charge in [0.1, 0.15) is 5.69 Å². The van der Waals surface area contributed by atoms with Crippen LogP contribution in [0.15, 0.2) is 12.1 Å². The highest BCUT2D eigenvalue weighted by atomic mass is 35.5. The van der Waals surface area contributed by atoms with Gasteiger partial charge in [-0.05, 0) is 12.1 Å². The molecule has 1 aliphatic rings. The van der Waals surface area contributed by atoms with Crippen molar-refractivity contribution in [2.45, 2.75) is 0 Å². The fourth-order valence-electron chi connectivity index (χ4n) is 1.82. The van der Waals surface area contributed by atoms with Crippen LogP contribution in [0.2, 0.25) is 0 Å². The van der Waals surface area contributed by atoms with Crippen LogP contribution in [0.5, 0.6) is 0 Å². The number of piperazine rings is 1. The van der Waals surface area contributed by atoms with Crippen molar-refractivity contribution in [3.8, 4) is 0 Å². The quantitative estimate of drug-likeness (QED) is 0.795. The van der Waals surface area contributed by atoms with Crippen molar-refractivity contribution in [2.75, 3.05) is 38.1 Å². The number of nitrogens with one attached hydrogen (secondary N) is 2. The Kier molecular flexibility index (Phi) is 7.66. The third kappa shape index (κ3) is 4.19. The number of carbonyl (C=O) groups excluding carboxylic acids is 1. The molecule has 0 saturated carbocycles. The molecule has 1 aliphatic heterocycles. The summed E-state index contributed by atoms with van der Waals surface area (Å²) in [5, 5.41) is 5.61. The second-order valence-corrected chi connectivity index (χ2v) is 3.82. The van der Waals surface area contributed by atoms with E-state index in [1.807, 2.05) is 4.90 Å². The van der Waals surface area contributed by atoms with Crippen LogP contribution in [0.4, 0.5) is 10.1 Å². The summed E-state index contributed by atoms with van der Waals surface area (Å²) in [6.45, 7) is 3.16. The summed E-state index contributed by atoms with van der Waals surface area (Å²) in [7, 11) is 1.49. The molecule has 1 aromatic rings. The zero-order chi connectivity index (χ0) is 12.3. The van der Waals surface area contributed by atoms with Crippen LogP contribution in [0, 0.1) is 5.95 Å². The predicted molar refractivity (Wildman–Crippen MR) is 77.2 cm³/mol. The molecule has 1 fully saturated rings. The van der Waals surface area contributed by atoms with Crippen molar-refractivity contribution in [1.82, 2.24) is 15.6 Å². The topological polar surface area (TPSA) is 57.3 Å². The molecule has 1 aromatic heterocycles. The number of halogens is 3. The van der Waals surface area contributed by atoms with Crippen LogP contribution in [-0.4, -0.2) is 44.1 Å². The summed E-state index contributed by atoms with van der Waals surface area (Å²) >= 11 is 0. The van der Waals surface area contributed by atoms with E-state index in [0.29, 0.717) is 5.69 Å². The SMILES string of the molecule is CNC(=O)c1ccc(N2CCNCC2)c(F)n1.Cl.Cl. The van der Waals surface area contributed by atoms with E-state index in [0.717, 1.165) is 26.2 Å². The third-order valence-electron chi connectivity index (χ3n) is 2.75. The first-order chi connectivity index (χ1) is 8.22. The van der Waals surface area contributed by atoms with Gasteiger partial charge in [-0.15, -0.1) is 24.8 Å². The molecule has 0 atom stereocenters. The molecule has 0 aliphatic carbocycles. The van der Waals surface area contributed by atoms with Crippen molar-refractivity contribution in [1.29, 1.82) is 0 Å². The number of carbonyl (C=O) groups is 1. The first-order valence-corrected chi connectivity index (χ1v) is 5.56. The fourth-order valence-corrected chi connectivity index (χ4v) is 1.82. The number of amides is 1. The molecule has 0 bridgehead atoms. The Morgan fingerprint density at radius 2 is 2.00 bits per heavy atom. The molecule has 2 heterocycles. The molecule has 5 nitrogen and oxygen atoms in total. The molecular weight excluding hydrogens is 294 g/mol. The lowest BCUT2D eigenvalue weighted by molar-refractivity contribution is 0.0957. The van der Waals surface area contributed by atoms with Crippen molar-refractivity contribution in [3.63, 3.8) is 0 Å². The van der Waals surface area contributed by atoms with Crippen LogP contribution in [0.1, 0.15) is 10.5 Å². The van der Waals surface area contributed by atoms with Gasteiger partial charge in [-0.25, -0.2) is 4.98 Å². The Hall–Kier alpha value is -1.11. The molecule has 2 N–H and O–H groups in total. The van der Waals surface area contributed by atoms with Gasteiger partial charge in [0.05, 0.1) is 5.69 Å². The van der Waals surface area contributed by atoms with Crippen molar-refractivity contribution < 1.29 is 9.18 Å². The summed E-state index contributed by atoms with van der Waals surface area (Å²) < 4.78 is 13.8. The maximum atomic E-state index is 13.8. The van der Waals surface area contributed by atoms with Crippen molar-refractivity contribution in [2.24, 2.45) is 0 Å². The van der Waals surface area contributed by atoms with Crippen LogP contribution in [0.25, 0.3) is 0 Å². The monoisotopic (exact) mass is 310 g/mol. The second kappa shape index (κ2) is 8.14. The predicted octanol–water partition coefficient (Wildman–Crippen LogP) is 0.833. The number of hydrogen-bond acceptors (Lipinski definition) is 4. The number of aromatic nitrogens is 1. The van der Waals surface area contributed by atoms with Gasteiger partial charge in [0.25, 0.3) is 5.91 Å². The Balaban J connectivity index is 0.00000162. The zero-order valence-corrected chi connectivity index (χ0v) is 12.1. The highest BCUT2D eigenvalue weighted by Gasteiger charge is 2.17. The maximum Gasteiger partial charge on any atom is 0.269 e. The van der Waals surface area contributed by atoms with E-state index in [-0.39, 0.29) is 36.4 Å². The molecule has 0 unspecified atom stereocenters. The molecule has 0 radical (unpaired) electrons. The van der Waals surface area contributed by atoms with Gasteiger partial charge in [-0.2, -0.15) is 4.39 Å². The number of pyridine rings is 1. The first kappa shape index (κ1) is 17.9. The number of anilines is 1. The van der Waals surface area contributed by atoms with Gasteiger partial charge in [-0.3, -0.25) is 4.79 Å². The van der Waals surface area contributed by atoms with E-state index in [9.17, 15) is 9.18 Å². The normalized spacial score (nSPS) is 14.1. The Morgan fingerprint density at radius 3 is 2.53 bits per heavy atom. The summed E-state index contributed by atoms with van der Waals surface area (Å²) in [5.74, 6) is -0.969. The van der Waals surface area contributed by atoms with Crippen molar-refractivity contribution >= 4 is 36.4 Å². The average Bonchev–Trinajstić information content (AvgIpc) is 2.38. The molecule has 19 heavy (non-hydrogen) atoms. The average molecular weight is 311 g/mol. The molecule has 0 aromatic carbocycles. The van der Waals surface area contributed by atoms with Crippen LogP contribution < -0.4 is 15.5 Å². The molecule has 8 heteroatoms. The van der Waals surface area contributed by atoms with E-state index in [1.54, 1.807) is 12.1 Å². The molecule has 2 rings (SSSR count). The van der Waals surface area contributed by atoms with Gasteiger partial charge < -0.3 is 15.5 Å². The highest BCUT2D eigenvalue weighted by Crippen LogP contribution is 2.18. The summed E-state index contributed by atoms with van der Waals surface area (Å²) in [6.07, 6.45) is 0. The van der Waals surface area contributed by atoms with Gasteiger partial charge in [0.15, 0.2) is 0 Å². The van der Waals surface area contributed by atoms with Gasteiger partial charge in [0.2, 0.25) is 5.95 Å². The lowest BCUT2D eigenvalue weighted by Gasteiger charge is -2.29. The maximum absolute atomic E-state index is 13.8. The van der Waals surface area contributed by atoms with E-state index in [4.69, 9.17) is 0 Å². The Morgan fingerprint density at radius 1 is 1.37 bits per heavy atom. The largest absolute Gasteiger partial charge is 0.365 e. The van der Waals surface area contributed by atoms with E-state index in [2.05, 4.69) is 15.6 Å². The molecule has 0 spiro atoms. The number of hydrogen-bond donors (Lipinski definition) is 2. The molecule has 1 saturated heterocycles. The summed E-state index contributed by atoms with van der Waals surface area (Å²) in [4.78, 5) is 16.9. The Bertz CT molecular complexity index is 427. The van der Waals surface area contributed by atoms with Crippen molar-refractivity contribution in [3.05, 3.63) is 23.8 Å². The minimum absolute atomic E-state index is 0. The number of nitrogens with zero attached hydrogens (tertiary/aromatic N) is 2. The Labute approximate surface area is 123 Å². The van der Waals surface area contributed by atoms with Gasteiger partial charge in [0, 0.05) is 33.2 Å². The molecular formula is C11H17Cl2FN4O. The summed E-state index contributed by atoms with van der Waals surface area (Å²) in [6, 6.07) is 3.15. The molecule has 108 valence electrons. The van der Waals surface area contributed by atoms with Gasteiger partial charge >= 0.3 is 0 Å². The van der Waals surface area contributed by atoms with Crippen LogP contribution >= 0.6 is 24.8 Å². The third-order valence-corrected chi connectivity index (χ3v) is 2.75. The van der Waals surface area contributed by atoms with Crippen LogP contribution in [0.3, 0.4) is 0 Å². The zero-order valence-electron chi connectivity index (χ0n) is 10.5.